The van der Waals surface area contributed by atoms with Crippen molar-refractivity contribution in [2.24, 2.45) is 0 Å². The molecule has 3 rings (SSSR count). The topological polar surface area (TPSA) is 29.5 Å². The van der Waals surface area contributed by atoms with E-state index < -0.39 is 0 Å². The third-order valence-electron chi connectivity index (χ3n) is 4.40. The zero-order valence-electron chi connectivity index (χ0n) is 13.9. The van der Waals surface area contributed by atoms with Crippen LogP contribution in [-0.2, 0) is 22.6 Å². The van der Waals surface area contributed by atoms with Crippen molar-refractivity contribution >= 4 is 5.97 Å². The minimum absolute atomic E-state index is 0.282. The Labute approximate surface area is 142 Å². The highest BCUT2D eigenvalue weighted by Gasteiger charge is 2.19. The summed E-state index contributed by atoms with van der Waals surface area (Å²) < 4.78 is 18.5. The molecule has 0 aliphatic carbocycles. The lowest BCUT2D eigenvalue weighted by atomic mass is 10.0. The van der Waals surface area contributed by atoms with Crippen molar-refractivity contribution in [3.63, 3.8) is 0 Å². The fraction of sp³-hybridized carbons (Fsp3) is 0.350. The Morgan fingerprint density at radius 2 is 1.75 bits per heavy atom. The minimum Gasteiger partial charge on any atom is -0.458 e. The van der Waals surface area contributed by atoms with Gasteiger partial charge in [-0.05, 0) is 48.2 Å². The fourth-order valence-electron chi connectivity index (χ4n) is 3.23. The molecule has 0 aromatic heterocycles. The highest BCUT2D eigenvalue weighted by Crippen LogP contribution is 2.26. The standard InChI is InChI=1S/C20H22FNO2/c1-15(23)24-20(16-8-10-19(21)11-9-16)7-4-12-22-13-17-5-2-3-6-18(17)14-22/h2-3,5-6,8-11,20H,4,7,12-14H2,1H3. The molecule has 0 radical (unpaired) electrons. The summed E-state index contributed by atoms with van der Waals surface area (Å²) in [6, 6.07) is 14.7. The van der Waals surface area contributed by atoms with E-state index in [1.165, 1.54) is 30.2 Å². The molecule has 0 bridgehead atoms. The number of hydrogen-bond acceptors (Lipinski definition) is 3. The Morgan fingerprint density at radius 3 is 2.33 bits per heavy atom. The average Bonchev–Trinajstić information content (AvgIpc) is 2.97. The van der Waals surface area contributed by atoms with Crippen molar-refractivity contribution in [2.75, 3.05) is 6.54 Å². The summed E-state index contributed by atoms with van der Waals surface area (Å²) >= 11 is 0. The molecule has 1 aliphatic heterocycles. The molecule has 0 amide bonds. The van der Waals surface area contributed by atoms with Crippen molar-refractivity contribution in [1.82, 2.24) is 4.90 Å². The maximum atomic E-state index is 13.1. The number of hydrogen-bond donors (Lipinski definition) is 0. The third kappa shape index (κ3) is 4.20. The van der Waals surface area contributed by atoms with Gasteiger partial charge in [0.2, 0.25) is 0 Å². The van der Waals surface area contributed by atoms with E-state index in [1.54, 1.807) is 12.1 Å². The minimum atomic E-state index is -0.312. The number of benzene rings is 2. The molecule has 0 saturated heterocycles. The van der Waals surface area contributed by atoms with E-state index in [4.69, 9.17) is 4.74 Å². The predicted molar refractivity (Wildman–Crippen MR) is 90.7 cm³/mol. The first-order chi connectivity index (χ1) is 11.6. The van der Waals surface area contributed by atoms with Gasteiger partial charge in [-0.2, -0.15) is 0 Å². The fourth-order valence-corrected chi connectivity index (χ4v) is 3.23. The molecule has 0 fully saturated rings. The van der Waals surface area contributed by atoms with Gasteiger partial charge in [0.15, 0.2) is 0 Å². The van der Waals surface area contributed by atoms with Crippen LogP contribution in [0.2, 0.25) is 0 Å². The van der Waals surface area contributed by atoms with Gasteiger partial charge in [0.05, 0.1) is 0 Å². The van der Waals surface area contributed by atoms with Crippen molar-refractivity contribution in [3.8, 4) is 0 Å². The van der Waals surface area contributed by atoms with Crippen LogP contribution in [0, 0.1) is 5.82 Å². The van der Waals surface area contributed by atoms with Gasteiger partial charge in [0.1, 0.15) is 11.9 Å². The van der Waals surface area contributed by atoms with E-state index in [-0.39, 0.29) is 17.9 Å². The second kappa shape index (κ2) is 7.58. The number of rotatable bonds is 6. The second-order valence-corrected chi connectivity index (χ2v) is 6.27. The summed E-state index contributed by atoms with van der Waals surface area (Å²) in [6.07, 6.45) is 1.34. The number of esters is 1. The molecule has 1 atom stereocenters. The molecular weight excluding hydrogens is 305 g/mol. The van der Waals surface area contributed by atoms with Gasteiger partial charge < -0.3 is 4.74 Å². The number of halogens is 1. The van der Waals surface area contributed by atoms with Crippen LogP contribution in [0.15, 0.2) is 48.5 Å². The summed E-state index contributed by atoms with van der Waals surface area (Å²) in [5, 5.41) is 0. The molecule has 0 spiro atoms. The predicted octanol–water partition coefficient (Wildman–Crippen LogP) is 4.23. The maximum Gasteiger partial charge on any atom is 0.303 e. The zero-order chi connectivity index (χ0) is 16.9. The van der Waals surface area contributed by atoms with Crippen LogP contribution in [0.4, 0.5) is 4.39 Å². The SMILES string of the molecule is CC(=O)OC(CCCN1Cc2ccccc2C1)c1ccc(F)cc1. The number of fused-ring (bicyclic) bond motifs is 1. The highest BCUT2D eigenvalue weighted by molar-refractivity contribution is 5.66. The monoisotopic (exact) mass is 327 g/mol. The Hall–Kier alpha value is -2.20. The normalized spacial score (nSPS) is 15.1. The van der Waals surface area contributed by atoms with Gasteiger partial charge in [-0.15, -0.1) is 0 Å². The zero-order valence-corrected chi connectivity index (χ0v) is 13.9. The van der Waals surface area contributed by atoms with E-state index in [1.807, 2.05) is 0 Å². The van der Waals surface area contributed by atoms with Gasteiger partial charge in [-0.1, -0.05) is 36.4 Å². The van der Waals surface area contributed by atoms with Gasteiger partial charge in [0.25, 0.3) is 0 Å². The molecule has 1 heterocycles. The van der Waals surface area contributed by atoms with E-state index in [0.717, 1.165) is 38.0 Å². The molecule has 1 aliphatic rings. The molecule has 0 N–H and O–H groups in total. The van der Waals surface area contributed by atoms with E-state index in [0.29, 0.717) is 0 Å². The van der Waals surface area contributed by atoms with Gasteiger partial charge >= 0.3 is 5.97 Å². The first-order valence-corrected chi connectivity index (χ1v) is 8.33. The van der Waals surface area contributed by atoms with Crippen LogP contribution in [0.25, 0.3) is 0 Å². The Kier molecular flexibility index (Phi) is 5.26. The Morgan fingerprint density at radius 1 is 1.12 bits per heavy atom. The summed E-state index contributed by atoms with van der Waals surface area (Å²) in [5.41, 5.74) is 3.64. The maximum absolute atomic E-state index is 13.1. The number of nitrogens with zero attached hydrogens (tertiary/aromatic N) is 1. The van der Waals surface area contributed by atoms with Crippen LogP contribution in [-0.4, -0.2) is 17.4 Å². The van der Waals surface area contributed by atoms with E-state index in [9.17, 15) is 9.18 Å². The number of carbonyl (C=O) groups is 1. The second-order valence-electron chi connectivity index (χ2n) is 6.27. The van der Waals surface area contributed by atoms with E-state index >= 15 is 0 Å². The number of carbonyl (C=O) groups excluding carboxylic acids is 1. The molecular formula is C20H22FNO2. The molecule has 1 unspecified atom stereocenters. The van der Waals surface area contributed by atoms with Crippen molar-refractivity contribution in [2.45, 2.75) is 39.0 Å². The van der Waals surface area contributed by atoms with Gasteiger partial charge in [0, 0.05) is 20.0 Å². The Bertz CT molecular complexity index is 674. The molecule has 3 nitrogen and oxygen atoms in total. The lowest BCUT2D eigenvalue weighted by molar-refractivity contribution is -0.147. The van der Waals surface area contributed by atoms with Gasteiger partial charge in [-0.3, -0.25) is 9.69 Å². The summed E-state index contributed by atoms with van der Waals surface area (Å²) in [4.78, 5) is 13.8. The largest absolute Gasteiger partial charge is 0.458 e. The molecule has 24 heavy (non-hydrogen) atoms. The average molecular weight is 327 g/mol. The highest BCUT2D eigenvalue weighted by atomic mass is 19.1. The summed E-state index contributed by atoms with van der Waals surface area (Å²) in [6.45, 7) is 4.32. The van der Waals surface area contributed by atoms with Crippen LogP contribution < -0.4 is 0 Å². The van der Waals surface area contributed by atoms with E-state index in [2.05, 4.69) is 29.2 Å². The molecule has 126 valence electrons. The smallest absolute Gasteiger partial charge is 0.303 e. The molecule has 2 aromatic carbocycles. The lowest BCUT2D eigenvalue weighted by Gasteiger charge is -2.20. The Balaban J connectivity index is 1.54. The first kappa shape index (κ1) is 16.7. The third-order valence-corrected chi connectivity index (χ3v) is 4.40. The van der Waals surface area contributed by atoms with Crippen molar-refractivity contribution < 1.29 is 13.9 Å². The molecule has 4 heteroatoms. The van der Waals surface area contributed by atoms with Crippen LogP contribution >= 0.6 is 0 Å². The summed E-state index contributed by atoms with van der Waals surface area (Å²) in [7, 11) is 0. The van der Waals surface area contributed by atoms with Crippen molar-refractivity contribution in [1.29, 1.82) is 0 Å². The summed E-state index contributed by atoms with van der Waals surface area (Å²) in [5.74, 6) is -0.590. The molecule has 2 aromatic rings. The first-order valence-electron chi connectivity index (χ1n) is 8.33. The molecule has 0 saturated carbocycles. The van der Waals surface area contributed by atoms with Gasteiger partial charge in [-0.25, -0.2) is 4.39 Å². The van der Waals surface area contributed by atoms with Crippen LogP contribution in [0.1, 0.15) is 42.6 Å². The number of ether oxygens (including phenoxy) is 1. The van der Waals surface area contributed by atoms with Crippen LogP contribution in [0.5, 0.6) is 0 Å². The quantitative estimate of drug-likeness (QED) is 0.744. The lowest BCUT2D eigenvalue weighted by Crippen LogP contribution is -2.19. The van der Waals surface area contributed by atoms with Crippen molar-refractivity contribution in [3.05, 3.63) is 71.0 Å². The van der Waals surface area contributed by atoms with Crippen LogP contribution in [0.3, 0.4) is 0 Å².